The first-order chi connectivity index (χ1) is 10.1. The third-order valence-corrected chi connectivity index (χ3v) is 3.09. The Balaban J connectivity index is 2.17. The van der Waals surface area contributed by atoms with Gasteiger partial charge in [0.15, 0.2) is 0 Å². The first-order valence-corrected chi connectivity index (χ1v) is 6.80. The second kappa shape index (κ2) is 6.91. The molecule has 0 aliphatic rings. The average Bonchev–Trinajstić information content (AvgIpc) is 2.47. The van der Waals surface area contributed by atoms with Crippen LogP contribution in [0.1, 0.15) is 5.56 Å². The Labute approximate surface area is 130 Å². The van der Waals surface area contributed by atoms with Gasteiger partial charge in [0, 0.05) is 10.4 Å². The van der Waals surface area contributed by atoms with Crippen LogP contribution in [-0.2, 0) is 4.79 Å². The van der Waals surface area contributed by atoms with E-state index < -0.39 is 11.7 Å². The predicted octanol–water partition coefficient (Wildman–Crippen LogP) is 3.59. The smallest absolute Gasteiger partial charge is 0.300 e. The highest BCUT2D eigenvalue weighted by Crippen LogP contribution is 2.27. The molecule has 0 bridgehead atoms. The third kappa shape index (κ3) is 4.07. The maximum absolute atomic E-state index is 13.4. The van der Waals surface area contributed by atoms with Gasteiger partial charge in [0.25, 0.3) is 0 Å². The number of anilines is 1. The van der Waals surface area contributed by atoms with Crippen LogP contribution >= 0.6 is 15.9 Å². The van der Waals surface area contributed by atoms with Gasteiger partial charge in [-0.2, -0.15) is 0 Å². The summed E-state index contributed by atoms with van der Waals surface area (Å²) in [6.45, 7) is 0. The van der Waals surface area contributed by atoms with E-state index in [-0.39, 0.29) is 5.56 Å². The number of amides is 1. The van der Waals surface area contributed by atoms with Crippen LogP contribution in [0, 0.1) is 17.7 Å². The molecule has 0 heterocycles. The largest absolute Gasteiger partial charge is 0.495 e. The second-order valence-electron chi connectivity index (χ2n) is 4.03. The minimum atomic E-state index is -0.547. The first-order valence-electron chi connectivity index (χ1n) is 6.01. The normalized spacial score (nSPS) is 9.48. The number of methoxy groups -OCH3 is 1. The molecule has 0 spiro atoms. The molecule has 3 nitrogen and oxygen atoms in total. The molecule has 0 fully saturated rings. The van der Waals surface area contributed by atoms with E-state index in [0.29, 0.717) is 11.4 Å². The number of halogens is 2. The van der Waals surface area contributed by atoms with E-state index in [2.05, 4.69) is 33.1 Å². The summed E-state index contributed by atoms with van der Waals surface area (Å²) in [4.78, 5) is 11.8. The van der Waals surface area contributed by atoms with Crippen molar-refractivity contribution in [1.29, 1.82) is 0 Å². The molecule has 0 aromatic heterocycles. The maximum atomic E-state index is 13.4. The third-order valence-electron chi connectivity index (χ3n) is 2.59. The highest BCUT2D eigenvalue weighted by atomic mass is 79.9. The number of rotatable bonds is 2. The fraction of sp³-hybridized carbons (Fsp3) is 0.0625. The monoisotopic (exact) mass is 347 g/mol. The van der Waals surface area contributed by atoms with E-state index in [4.69, 9.17) is 4.74 Å². The number of carbonyl (C=O) groups is 1. The van der Waals surface area contributed by atoms with E-state index in [1.807, 2.05) is 0 Å². The van der Waals surface area contributed by atoms with E-state index in [9.17, 15) is 9.18 Å². The topological polar surface area (TPSA) is 38.3 Å². The van der Waals surface area contributed by atoms with Crippen molar-refractivity contribution in [2.45, 2.75) is 0 Å². The molecule has 106 valence electrons. The van der Waals surface area contributed by atoms with Crippen molar-refractivity contribution in [3.8, 4) is 17.6 Å². The minimum absolute atomic E-state index is 0.175. The number of benzene rings is 2. The van der Waals surface area contributed by atoms with Crippen molar-refractivity contribution >= 4 is 27.5 Å². The molecule has 2 aromatic carbocycles. The van der Waals surface area contributed by atoms with E-state index in [1.54, 1.807) is 30.3 Å². The van der Waals surface area contributed by atoms with Crippen LogP contribution in [0.5, 0.6) is 5.75 Å². The molecule has 0 atom stereocenters. The molecule has 1 amide bonds. The Bertz CT molecular complexity index is 735. The van der Waals surface area contributed by atoms with Gasteiger partial charge < -0.3 is 10.1 Å². The highest BCUT2D eigenvalue weighted by Gasteiger charge is 2.06. The predicted molar refractivity (Wildman–Crippen MR) is 82.6 cm³/mol. The number of ether oxygens (including phenoxy) is 1. The summed E-state index contributed by atoms with van der Waals surface area (Å²) in [5.74, 6) is 4.35. The van der Waals surface area contributed by atoms with E-state index >= 15 is 0 Å². The second-order valence-corrected chi connectivity index (χ2v) is 4.94. The molecule has 2 rings (SSSR count). The molecule has 1 N–H and O–H groups in total. The van der Waals surface area contributed by atoms with Gasteiger partial charge in [-0.15, -0.1) is 0 Å². The Kier molecular flexibility index (Phi) is 4.96. The molecule has 2 aromatic rings. The quantitative estimate of drug-likeness (QED) is 0.843. The van der Waals surface area contributed by atoms with Gasteiger partial charge in [0.1, 0.15) is 11.6 Å². The lowest BCUT2D eigenvalue weighted by atomic mass is 10.2. The van der Waals surface area contributed by atoms with Crippen molar-refractivity contribution in [3.05, 3.63) is 58.3 Å². The van der Waals surface area contributed by atoms with Crippen LogP contribution in [0.3, 0.4) is 0 Å². The zero-order valence-corrected chi connectivity index (χ0v) is 12.7. The summed E-state index contributed by atoms with van der Waals surface area (Å²) in [6.07, 6.45) is 0. The molecule has 0 radical (unpaired) electrons. The van der Waals surface area contributed by atoms with Crippen LogP contribution < -0.4 is 10.1 Å². The van der Waals surface area contributed by atoms with Gasteiger partial charge in [-0.25, -0.2) is 4.39 Å². The zero-order chi connectivity index (χ0) is 15.2. The number of carbonyl (C=O) groups excluding carboxylic acids is 1. The number of hydrogen-bond acceptors (Lipinski definition) is 2. The first kappa shape index (κ1) is 15.1. The summed E-state index contributed by atoms with van der Waals surface area (Å²) >= 11 is 3.31. The molecule has 0 aliphatic heterocycles. The molecule has 0 aliphatic carbocycles. The van der Waals surface area contributed by atoms with Crippen molar-refractivity contribution in [3.63, 3.8) is 0 Å². The van der Waals surface area contributed by atoms with Gasteiger partial charge in [-0.05, 0) is 30.3 Å². The fourth-order valence-corrected chi connectivity index (χ4v) is 1.98. The average molecular weight is 348 g/mol. The SMILES string of the molecule is COc1ccc(Br)cc1NC(=O)C#Cc1ccccc1F. The van der Waals surface area contributed by atoms with Crippen LogP contribution in [0.25, 0.3) is 0 Å². The Hall–Kier alpha value is -2.32. The highest BCUT2D eigenvalue weighted by molar-refractivity contribution is 9.10. The summed E-state index contributed by atoms with van der Waals surface area (Å²) in [7, 11) is 1.50. The Morgan fingerprint density at radius 2 is 2.05 bits per heavy atom. The Morgan fingerprint density at radius 1 is 1.29 bits per heavy atom. The maximum Gasteiger partial charge on any atom is 0.300 e. The lowest BCUT2D eigenvalue weighted by Crippen LogP contribution is -2.09. The van der Waals surface area contributed by atoms with Gasteiger partial charge in [-0.3, -0.25) is 4.79 Å². The van der Waals surface area contributed by atoms with Gasteiger partial charge in [0.05, 0.1) is 18.4 Å². The summed E-state index contributed by atoms with van der Waals surface area (Å²) in [6, 6.07) is 11.2. The Morgan fingerprint density at radius 3 is 2.76 bits per heavy atom. The van der Waals surface area contributed by atoms with Gasteiger partial charge in [0.2, 0.25) is 0 Å². The van der Waals surface area contributed by atoms with Crippen molar-refractivity contribution in [1.82, 2.24) is 0 Å². The standard InChI is InChI=1S/C16H11BrFNO2/c1-21-15-8-7-12(17)10-14(15)19-16(20)9-6-11-4-2-3-5-13(11)18/h2-5,7-8,10H,1H3,(H,19,20). The summed E-state index contributed by atoms with van der Waals surface area (Å²) in [5, 5.41) is 2.60. The lowest BCUT2D eigenvalue weighted by molar-refractivity contribution is -0.111. The fourth-order valence-electron chi connectivity index (χ4n) is 1.62. The van der Waals surface area contributed by atoms with Crippen molar-refractivity contribution in [2.75, 3.05) is 12.4 Å². The summed E-state index contributed by atoms with van der Waals surface area (Å²) in [5.41, 5.74) is 0.661. The zero-order valence-electron chi connectivity index (χ0n) is 11.1. The van der Waals surface area contributed by atoms with Gasteiger partial charge >= 0.3 is 5.91 Å². The van der Waals surface area contributed by atoms with Crippen LogP contribution in [0.15, 0.2) is 46.9 Å². The molecular weight excluding hydrogens is 337 g/mol. The number of hydrogen-bond donors (Lipinski definition) is 1. The van der Waals surface area contributed by atoms with Crippen molar-refractivity contribution < 1.29 is 13.9 Å². The van der Waals surface area contributed by atoms with Crippen LogP contribution in [0.4, 0.5) is 10.1 Å². The number of nitrogens with one attached hydrogen (secondary N) is 1. The van der Waals surface area contributed by atoms with E-state index in [0.717, 1.165) is 4.47 Å². The minimum Gasteiger partial charge on any atom is -0.495 e. The molecule has 0 unspecified atom stereocenters. The van der Waals surface area contributed by atoms with Crippen molar-refractivity contribution in [2.24, 2.45) is 0 Å². The molecule has 5 heteroatoms. The van der Waals surface area contributed by atoms with Crippen LogP contribution in [0.2, 0.25) is 0 Å². The summed E-state index contributed by atoms with van der Waals surface area (Å²) < 4.78 is 19.3. The molecular formula is C16H11BrFNO2. The van der Waals surface area contributed by atoms with E-state index in [1.165, 1.54) is 19.2 Å². The molecule has 0 saturated heterocycles. The lowest BCUT2D eigenvalue weighted by Gasteiger charge is -2.08. The molecule has 0 saturated carbocycles. The van der Waals surface area contributed by atoms with Gasteiger partial charge in [-0.1, -0.05) is 34.0 Å². The molecule has 21 heavy (non-hydrogen) atoms. The van der Waals surface area contributed by atoms with Crippen LogP contribution in [-0.4, -0.2) is 13.0 Å².